The summed E-state index contributed by atoms with van der Waals surface area (Å²) in [5.41, 5.74) is 2.51. The minimum absolute atomic E-state index is 0.607. The molecule has 0 fully saturated rings. The van der Waals surface area contributed by atoms with Gasteiger partial charge in [0.15, 0.2) is 0 Å². The molecule has 0 saturated carbocycles. The molecule has 0 aliphatic heterocycles. The van der Waals surface area contributed by atoms with Crippen molar-refractivity contribution in [2.24, 2.45) is 0 Å². The van der Waals surface area contributed by atoms with E-state index in [0.717, 1.165) is 5.69 Å². The van der Waals surface area contributed by atoms with Crippen molar-refractivity contribution in [1.29, 1.82) is 0 Å². The van der Waals surface area contributed by atoms with Crippen molar-refractivity contribution in [3.8, 4) is 0 Å². The van der Waals surface area contributed by atoms with Crippen LogP contribution in [0.1, 0.15) is 25.3 Å². The minimum Gasteiger partial charge on any atom is -0.376 e. The van der Waals surface area contributed by atoms with Crippen LogP contribution in [-0.4, -0.2) is 5.88 Å². The van der Waals surface area contributed by atoms with Gasteiger partial charge in [-0.3, -0.25) is 0 Å². The van der Waals surface area contributed by atoms with Crippen molar-refractivity contribution in [3.63, 3.8) is 0 Å². The lowest BCUT2D eigenvalue weighted by Crippen LogP contribution is -1.94. The van der Waals surface area contributed by atoms with Crippen LogP contribution in [0.15, 0.2) is 24.3 Å². The first-order valence-corrected chi connectivity index (χ1v) is 4.82. The molecule has 0 bridgehead atoms. The zero-order valence-corrected chi connectivity index (χ0v) is 8.44. The van der Waals surface area contributed by atoms with Gasteiger partial charge in [0.1, 0.15) is 0 Å². The lowest BCUT2D eigenvalue weighted by Gasteiger charge is -2.06. The van der Waals surface area contributed by atoms with E-state index in [-0.39, 0.29) is 0 Å². The van der Waals surface area contributed by atoms with E-state index < -0.39 is 0 Å². The summed E-state index contributed by atoms with van der Waals surface area (Å²) in [5, 5.41) is 3.14. The number of hydrogen-bond acceptors (Lipinski definition) is 2. The summed E-state index contributed by atoms with van der Waals surface area (Å²) < 4.78 is 0. The van der Waals surface area contributed by atoms with Crippen molar-refractivity contribution < 1.29 is 0 Å². The molecule has 0 atom stereocenters. The molecule has 66 valence electrons. The summed E-state index contributed by atoms with van der Waals surface area (Å²) in [6, 6.07) is 8.48. The lowest BCUT2D eigenvalue weighted by molar-refractivity contribution is 0.867. The Labute approximate surface area is 79.6 Å². The van der Waals surface area contributed by atoms with E-state index in [0.29, 0.717) is 11.8 Å². The van der Waals surface area contributed by atoms with Crippen LogP contribution in [-0.2, 0) is 0 Å². The Bertz CT molecular complexity index is 228. The summed E-state index contributed by atoms with van der Waals surface area (Å²) in [4.78, 5) is 0. The first kappa shape index (κ1) is 9.46. The van der Waals surface area contributed by atoms with Crippen molar-refractivity contribution in [3.05, 3.63) is 29.8 Å². The first-order valence-electron chi connectivity index (χ1n) is 4.18. The van der Waals surface area contributed by atoms with Crippen molar-refractivity contribution in [2.45, 2.75) is 19.8 Å². The Morgan fingerprint density at radius 3 is 2.25 bits per heavy atom. The smallest absolute Gasteiger partial charge is 0.0581 e. The summed E-state index contributed by atoms with van der Waals surface area (Å²) in [5.74, 6) is 1.29. The van der Waals surface area contributed by atoms with Gasteiger partial charge in [-0.2, -0.15) is 12.6 Å². The largest absolute Gasteiger partial charge is 0.376 e. The number of anilines is 1. The van der Waals surface area contributed by atoms with E-state index in [1.165, 1.54) is 5.56 Å². The summed E-state index contributed by atoms with van der Waals surface area (Å²) >= 11 is 4.09. The monoisotopic (exact) mass is 181 g/mol. The highest BCUT2D eigenvalue weighted by Crippen LogP contribution is 2.16. The van der Waals surface area contributed by atoms with Gasteiger partial charge in [-0.1, -0.05) is 26.0 Å². The SMILES string of the molecule is CC(C)c1ccc(NCS)cc1. The Hall–Kier alpha value is -0.630. The topological polar surface area (TPSA) is 12.0 Å². The molecule has 0 radical (unpaired) electrons. The van der Waals surface area contributed by atoms with E-state index in [1.807, 2.05) is 0 Å². The quantitative estimate of drug-likeness (QED) is 0.539. The normalized spacial score (nSPS) is 10.3. The summed E-state index contributed by atoms with van der Waals surface area (Å²) in [6.45, 7) is 4.39. The number of thiol groups is 1. The van der Waals surface area contributed by atoms with Crippen molar-refractivity contribution >= 4 is 18.3 Å². The van der Waals surface area contributed by atoms with Crippen molar-refractivity contribution in [1.82, 2.24) is 0 Å². The second-order valence-electron chi connectivity index (χ2n) is 3.11. The van der Waals surface area contributed by atoms with Gasteiger partial charge in [0, 0.05) is 5.69 Å². The Morgan fingerprint density at radius 1 is 1.25 bits per heavy atom. The maximum atomic E-state index is 4.09. The van der Waals surface area contributed by atoms with Gasteiger partial charge in [0.25, 0.3) is 0 Å². The predicted octanol–water partition coefficient (Wildman–Crippen LogP) is 3.11. The van der Waals surface area contributed by atoms with Crippen LogP contribution in [0.25, 0.3) is 0 Å². The van der Waals surface area contributed by atoms with Crippen LogP contribution >= 0.6 is 12.6 Å². The third-order valence-corrected chi connectivity index (χ3v) is 2.02. The molecule has 12 heavy (non-hydrogen) atoms. The van der Waals surface area contributed by atoms with E-state index in [2.05, 4.69) is 56.1 Å². The molecule has 1 N–H and O–H groups in total. The number of nitrogens with one attached hydrogen (secondary N) is 1. The molecule has 0 spiro atoms. The third-order valence-electron chi connectivity index (χ3n) is 1.86. The molecule has 1 aromatic carbocycles. The average Bonchev–Trinajstić information content (AvgIpc) is 2.06. The van der Waals surface area contributed by atoms with Crippen LogP contribution in [0.4, 0.5) is 5.69 Å². The van der Waals surface area contributed by atoms with Crippen LogP contribution in [0.2, 0.25) is 0 Å². The van der Waals surface area contributed by atoms with E-state index in [9.17, 15) is 0 Å². The maximum absolute atomic E-state index is 4.09. The molecular formula is C10H15NS. The second kappa shape index (κ2) is 4.41. The van der Waals surface area contributed by atoms with Gasteiger partial charge < -0.3 is 5.32 Å². The fraction of sp³-hybridized carbons (Fsp3) is 0.400. The summed E-state index contributed by atoms with van der Waals surface area (Å²) in [7, 11) is 0. The molecule has 0 saturated heterocycles. The standard InChI is InChI=1S/C10H15NS/c1-8(2)9-3-5-10(6-4-9)11-7-12/h3-6,8,11-12H,7H2,1-2H3. The van der Waals surface area contributed by atoms with Crippen LogP contribution < -0.4 is 5.32 Å². The molecule has 2 heteroatoms. The molecule has 0 aliphatic rings. The van der Waals surface area contributed by atoms with Gasteiger partial charge in [0.05, 0.1) is 5.88 Å². The van der Waals surface area contributed by atoms with Gasteiger partial charge in [-0.15, -0.1) is 0 Å². The molecule has 0 amide bonds. The number of benzene rings is 1. The van der Waals surface area contributed by atoms with Crippen LogP contribution in [0.3, 0.4) is 0 Å². The number of rotatable bonds is 3. The van der Waals surface area contributed by atoms with Gasteiger partial charge in [-0.25, -0.2) is 0 Å². The van der Waals surface area contributed by atoms with Gasteiger partial charge in [0.2, 0.25) is 0 Å². The molecule has 0 heterocycles. The highest BCUT2D eigenvalue weighted by Gasteiger charge is 1.97. The Morgan fingerprint density at radius 2 is 1.83 bits per heavy atom. The van der Waals surface area contributed by atoms with E-state index >= 15 is 0 Å². The van der Waals surface area contributed by atoms with E-state index in [1.54, 1.807) is 0 Å². The second-order valence-corrected chi connectivity index (χ2v) is 3.43. The number of hydrogen-bond donors (Lipinski definition) is 2. The molecule has 0 aromatic heterocycles. The lowest BCUT2D eigenvalue weighted by atomic mass is 10.0. The van der Waals surface area contributed by atoms with Crippen LogP contribution in [0, 0.1) is 0 Å². The third kappa shape index (κ3) is 2.45. The average molecular weight is 181 g/mol. The molecule has 1 nitrogen and oxygen atoms in total. The zero-order chi connectivity index (χ0) is 8.97. The predicted molar refractivity (Wildman–Crippen MR) is 58.0 cm³/mol. The highest BCUT2D eigenvalue weighted by atomic mass is 32.1. The zero-order valence-electron chi connectivity index (χ0n) is 7.54. The molecule has 0 aliphatic carbocycles. The van der Waals surface area contributed by atoms with Crippen LogP contribution in [0.5, 0.6) is 0 Å². The van der Waals surface area contributed by atoms with Gasteiger partial charge in [-0.05, 0) is 23.6 Å². The molecular weight excluding hydrogens is 166 g/mol. The Kier molecular flexibility index (Phi) is 3.48. The fourth-order valence-corrected chi connectivity index (χ4v) is 1.26. The maximum Gasteiger partial charge on any atom is 0.0581 e. The van der Waals surface area contributed by atoms with E-state index in [4.69, 9.17) is 0 Å². The highest BCUT2D eigenvalue weighted by molar-refractivity contribution is 7.80. The Balaban J connectivity index is 2.71. The molecule has 1 rings (SSSR count). The molecule has 0 unspecified atom stereocenters. The fourth-order valence-electron chi connectivity index (χ4n) is 1.08. The van der Waals surface area contributed by atoms with Crippen molar-refractivity contribution in [2.75, 3.05) is 11.2 Å². The minimum atomic E-state index is 0.607. The first-order chi connectivity index (χ1) is 5.74. The summed E-state index contributed by atoms with van der Waals surface area (Å²) in [6.07, 6.45) is 0. The van der Waals surface area contributed by atoms with Gasteiger partial charge >= 0.3 is 0 Å². The molecule has 1 aromatic rings.